The maximum absolute atomic E-state index is 13.5. The molecule has 13 N–H and O–H groups in total. The molecule has 19 nitrogen and oxygen atoms in total. The van der Waals surface area contributed by atoms with Gasteiger partial charge in [-0.05, 0) is 45.4 Å². The van der Waals surface area contributed by atoms with Crippen molar-refractivity contribution in [3.8, 4) is 0 Å². The normalized spacial score (nSPS) is 53.8. The first kappa shape index (κ1) is 41.4. The zero-order chi connectivity index (χ0) is 38.5. The van der Waals surface area contributed by atoms with Crippen LogP contribution in [0.3, 0.4) is 0 Å². The number of ether oxygens (including phenoxy) is 6. The van der Waals surface area contributed by atoms with E-state index in [9.17, 15) is 66.1 Å². The second-order valence-electron chi connectivity index (χ2n) is 15.9. The van der Waals surface area contributed by atoms with Crippen LogP contribution in [0.1, 0.15) is 58.3 Å². The molecule has 6 rings (SSSR count). The minimum Gasteiger partial charge on any atom is -0.454 e. The predicted octanol–water partition coefficient (Wildman–Crippen LogP) is -5.61. The summed E-state index contributed by atoms with van der Waals surface area (Å²) in [5.41, 5.74) is 0. The quantitative estimate of drug-likeness (QED) is 0.0809. The zero-order valence-corrected chi connectivity index (χ0v) is 29.4. The van der Waals surface area contributed by atoms with Gasteiger partial charge in [-0.2, -0.15) is 0 Å². The number of esters is 1. The summed E-state index contributed by atoms with van der Waals surface area (Å²) in [5, 5.41) is 126. The van der Waals surface area contributed by atoms with Gasteiger partial charge in [-0.25, -0.2) is 0 Å². The molecule has 21 unspecified atom stereocenters. The van der Waals surface area contributed by atoms with Crippen molar-refractivity contribution in [2.75, 3.05) is 6.61 Å². The molecule has 0 amide bonds. The van der Waals surface area contributed by atoms with Gasteiger partial charge in [0.05, 0.1) is 61.2 Å². The SMILES string of the molecule is CC1OC(OCC2OC(OC3CC4C(O)CC(O)CC4[OH+]C3C3CCC(O)C(O)C3)C(OC(=O)C3CC(O)C(O)C(O)C3)C(O)C2O)C(O)C(O)C1O. The van der Waals surface area contributed by atoms with Gasteiger partial charge in [0.15, 0.2) is 30.9 Å². The average Bonchev–Trinajstić information content (AvgIpc) is 3.11. The minimum absolute atomic E-state index is 0.111. The summed E-state index contributed by atoms with van der Waals surface area (Å²) >= 11 is 0. The van der Waals surface area contributed by atoms with Gasteiger partial charge in [0.25, 0.3) is 0 Å². The Morgan fingerprint density at radius 2 is 1.36 bits per heavy atom. The number of hydrogen-bond donors (Lipinski definition) is 12. The fourth-order valence-electron chi connectivity index (χ4n) is 8.93. The predicted molar refractivity (Wildman–Crippen MR) is 173 cm³/mol. The minimum atomic E-state index is -1.88. The third-order valence-corrected chi connectivity index (χ3v) is 12.2. The molecule has 0 radical (unpaired) electrons. The third kappa shape index (κ3) is 8.86. The Bertz CT molecular complexity index is 1200. The Morgan fingerprint density at radius 1 is 0.660 bits per heavy atom. The van der Waals surface area contributed by atoms with E-state index in [4.69, 9.17) is 28.4 Å². The lowest BCUT2D eigenvalue weighted by atomic mass is 9.72. The number of carbonyl (C=O) groups is 1. The average molecular weight is 770 g/mol. The highest BCUT2D eigenvalue weighted by Gasteiger charge is 2.56. The molecule has 3 heterocycles. The molecule has 0 spiro atoms. The maximum Gasteiger partial charge on any atom is 0.309 e. The van der Waals surface area contributed by atoms with E-state index in [2.05, 4.69) is 0 Å². The standard InChI is InChI=1S/C34H56O19/c1-11-24(41)27(44)29(46)33(49-11)48-10-23-26(43)28(45)31(53-32(47)13-5-19(39)25(42)20(40)6-13)34(52-23)51-22-9-15-17(37)7-14(35)8-21(15)50-30(22)12-2-3-16(36)18(38)4-12/h11-31,33-46H,2-10H2,1H3/p+1. The van der Waals surface area contributed by atoms with Crippen LogP contribution in [-0.4, -0.2) is 201 Å². The Labute approximate surface area is 305 Å². The lowest BCUT2D eigenvalue weighted by molar-refractivity contribution is -0.363. The van der Waals surface area contributed by atoms with E-state index in [1.54, 1.807) is 0 Å². The Hall–Kier alpha value is -1.21. The first-order valence-electron chi connectivity index (χ1n) is 18.7. The third-order valence-electron chi connectivity index (χ3n) is 12.2. The fourth-order valence-corrected chi connectivity index (χ4v) is 8.93. The van der Waals surface area contributed by atoms with Crippen molar-refractivity contribution in [3.05, 3.63) is 0 Å². The highest BCUT2D eigenvalue weighted by molar-refractivity contribution is 5.73. The van der Waals surface area contributed by atoms with Crippen molar-refractivity contribution in [2.24, 2.45) is 17.8 Å². The molecule has 0 aromatic heterocycles. The van der Waals surface area contributed by atoms with Gasteiger partial charge in [-0.15, -0.1) is 0 Å². The highest BCUT2D eigenvalue weighted by atomic mass is 16.7. The zero-order valence-electron chi connectivity index (χ0n) is 29.4. The van der Waals surface area contributed by atoms with E-state index in [0.29, 0.717) is 12.8 Å². The molecular formula is C34H57O19+. The van der Waals surface area contributed by atoms with Crippen LogP contribution >= 0.6 is 0 Å². The van der Waals surface area contributed by atoms with Gasteiger partial charge in [0.1, 0.15) is 48.8 Å². The molecule has 6 fully saturated rings. The first-order valence-corrected chi connectivity index (χ1v) is 18.7. The van der Waals surface area contributed by atoms with E-state index in [0.717, 1.165) is 0 Å². The van der Waals surface area contributed by atoms with Crippen molar-refractivity contribution >= 4 is 5.97 Å². The lowest BCUT2D eigenvalue weighted by Crippen LogP contribution is -2.64. The number of aliphatic hydroxyl groups is 14. The van der Waals surface area contributed by atoms with Crippen LogP contribution in [0.15, 0.2) is 0 Å². The second kappa shape index (κ2) is 17.1. The molecule has 3 saturated heterocycles. The summed E-state index contributed by atoms with van der Waals surface area (Å²) in [7, 11) is 0. The van der Waals surface area contributed by atoms with Gasteiger partial charge in [0, 0.05) is 18.8 Å². The Balaban J connectivity index is 1.25. The van der Waals surface area contributed by atoms with Gasteiger partial charge < -0.3 is 89.7 Å². The topological polar surface area (TPSA) is 319 Å². The molecule has 306 valence electrons. The molecule has 6 aliphatic rings. The monoisotopic (exact) mass is 769 g/mol. The number of rotatable bonds is 8. The lowest BCUT2D eigenvalue weighted by Gasteiger charge is -2.49. The van der Waals surface area contributed by atoms with Crippen molar-refractivity contribution in [3.63, 3.8) is 0 Å². The first-order chi connectivity index (χ1) is 25.0. The molecular weight excluding hydrogens is 712 g/mol. The summed E-state index contributed by atoms with van der Waals surface area (Å²) in [4.78, 5) is 13.5. The van der Waals surface area contributed by atoms with Gasteiger partial charge >= 0.3 is 5.97 Å². The van der Waals surface area contributed by atoms with Crippen LogP contribution in [0.5, 0.6) is 0 Å². The largest absolute Gasteiger partial charge is 0.454 e. The van der Waals surface area contributed by atoms with Gasteiger partial charge in [-0.3, -0.25) is 4.79 Å². The van der Waals surface area contributed by atoms with Crippen molar-refractivity contribution in [1.29, 1.82) is 0 Å². The summed E-state index contributed by atoms with van der Waals surface area (Å²) < 4.78 is 34.5. The van der Waals surface area contributed by atoms with Crippen LogP contribution in [-0.2, 0) is 28.5 Å². The second-order valence-corrected chi connectivity index (χ2v) is 15.9. The molecule has 53 heavy (non-hydrogen) atoms. The molecule has 3 saturated carbocycles. The number of carbonyl (C=O) groups excluding carboxylic acids is 1. The Morgan fingerprint density at radius 3 is 2.04 bits per heavy atom. The van der Waals surface area contributed by atoms with Crippen LogP contribution in [0.2, 0.25) is 0 Å². The van der Waals surface area contributed by atoms with E-state index in [1.165, 1.54) is 6.92 Å². The summed E-state index contributed by atoms with van der Waals surface area (Å²) in [6, 6.07) is 0. The van der Waals surface area contributed by atoms with Gasteiger partial charge in [0.2, 0.25) is 0 Å². The van der Waals surface area contributed by atoms with Crippen LogP contribution in [0, 0.1) is 17.8 Å². The molecule has 21 atom stereocenters. The van der Waals surface area contributed by atoms with E-state index < -0.39 is 147 Å². The van der Waals surface area contributed by atoms with Crippen molar-refractivity contribution in [2.45, 2.75) is 181 Å². The smallest absolute Gasteiger partial charge is 0.309 e. The van der Waals surface area contributed by atoms with E-state index >= 15 is 0 Å². The van der Waals surface area contributed by atoms with Crippen LogP contribution < -0.4 is 0 Å². The van der Waals surface area contributed by atoms with Crippen molar-refractivity contribution in [1.82, 2.24) is 0 Å². The number of fused-ring (bicyclic) bond motifs is 1. The molecule has 0 aromatic rings. The maximum atomic E-state index is 13.5. The number of hydrogen-bond acceptors (Lipinski definition) is 18. The molecule has 3 aliphatic carbocycles. The summed E-state index contributed by atoms with van der Waals surface area (Å²) in [5.74, 6) is -2.87. The van der Waals surface area contributed by atoms with Crippen LogP contribution in [0.4, 0.5) is 0 Å². The van der Waals surface area contributed by atoms with E-state index in [1.807, 2.05) is 0 Å². The summed E-state index contributed by atoms with van der Waals surface area (Å²) in [6.45, 7) is 0.896. The fraction of sp³-hybridized carbons (Fsp3) is 0.971. The molecule has 0 aromatic carbocycles. The molecule has 3 aliphatic heterocycles. The Kier molecular flexibility index (Phi) is 13.4. The molecule has 0 bridgehead atoms. The van der Waals surface area contributed by atoms with E-state index in [-0.39, 0.29) is 44.4 Å². The van der Waals surface area contributed by atoms with Crippen molar-refractivity contribution < 1.29 is 94.5 Å². The highest BCUT2D eigenvalue weighted by Crippen LogP contribution is 2.42. The number of aliphatic hydroxyl groups excluding tert-OH is 12. The summed E-state index contributed by atoms with van der Waals surface area (Å²) in [6.07, 6.45) is -24.7. The van der Waals surface area contributed by atoms with Crippen LogP contribution in [0.25, 0.3) is 0 Å². The van der Waals surface area contributed by atoms with Gasteiger partial charge in [-0.1, -0.05) is 0 Å². The molecule has 19 heteroatoms.